The second-order valence-corrected chi connectivity index (χ2v) is 8.61. The highest BCUT2D eigenvalue weighted by Gasteiger charge is 2.31. The number of likely N-dealkylation sites (N-methyl/N-ethyl adjacent to an activating group) is 1. The van der Waals surface area contributed by atoms with Crippen molar-refractivity contribution in [1.82, 2.24) is 19.9 Å². The average Bonchev–Trinajstić information content (AvgIpc) is 2.87. The van der Waals surface area contributed by atoms with Crippen LogP contribution in [0.5, 0.6) is 6.01 Å². The van der Waals surface area contributed by atoms with Crippen LogP contribution in [0.4, 0.5) is 32.0 Å². The maximum Gasteiger partial charge on any atom is 0.422 e. The lowest BCUT2D eigenvalue weighted by Gasteiger charge is -2.35. The van der Waals surface area contributed by atoms with Crippen LogP contribution in [0.15, 0.2) is 48.5 Å². The van der Waals surface area contributed by atoms with Crippen LogP contribution in [0.1, 0.15) is 23.9 Å². The highest BCUT2D eigenvalue weighted by Crippen LogP contribution is 2.32. The van der Waals surface area contributed by atoms with E-state index in [0.717, 1.165) is 56.1 Å². The maximum atomic E-state index is 13.2. The van der Waals surface area contributed by atoms with Gasteiger partial charge in [-0.15, -0.1) is 0 Å². The van der Waals surface area contributed by atoms with Crippen LogP contribution < -0.4 is 9.64 Å². The Bertz CT molecular complexity index is 1210. The summed E-state index contributed by atoms with van der Waals surface area (Å²) in [6, 6.07) is 11.3. The molecule has 198 valence electrons. The molecular formula is C25H25F6N5O. The lowest BCUT2D eigenvalue weighted by molar-refractivity contribution is -0.154. The van der Waals surface area contributed by atoms with Crippen molar-refractivity contribution in [3.05, 3.63) is 65.5 Å². The van der Waals surface area contributed by atoms with E-state index in [0.29, 0.717) is 0 Å². The van der Waals surface area contributed by atoms with Crippen LogP contribution in [0.25, 0.3) is 11.4 Å². The van der Waals surface area contributed by atoms with E-state index in [9.17, 15) is 26.3 Å². The Morgan fingerprint density at radius 1 is 0.865 bits per heavy atom. The fourth-order valence-corrected chi connectivity index (χ4v) is 4.02. The van der Waals surface area contributed by atoms with E-state index >= 15 is 0 Å². The third-order valence-electron chi connectivity index (χ3n) is 5.93. The molecule has 3 aromatic rings. The zero-order chi connectivity index (χ0) is 26.6. The highest BCUT2D eigenvalue weighted by atomic mass is 19.4. The topological polar surface area (TPSA) is 54.4 Å². The molecule has 0 saturated carbocycles. The molecule has 0 spiro atoms. The SMILES string of the molecule is CCN1CCN(c2cccc(Cc3nc(OCC(F)(F)F)nc(-c4cccc(C(F)(F)F)c4)n3)c2)CC1. The molecule has 1 aliphatic heterocycles. The maximum absolute atomic E-state index is 13.2. The van der Waals surface area contributed by atoms with Crippen molar-refractivity contribution in [1.29, 1.82) is 0 Å². The van der Waals surface area contributed by atoms with Crippen molar-refractivity contribution in [2.45, 2.75) is 25.7 Å². The minimum Gasteiger partial charge on any atom is -0.454 e. The van der Waals surface area contributed by atoms with Crippen LogP contribution in [-0.2, 0) is 12.6 Å². The van der Waals surface area contributed by atoms with E-state index in [4.69, 9.17) is 4.74 Å². The summed E-state index contributed by atoms with van der Waals surface area (Å²) in [6.45, 7) is 5.06. The van der Waals surface area contributed by atoms with Crippen LogP contribution in [0.2, 0.25) is 0 Å². The van der Waals surface area contributed by atoms with Gasteiger partial charge >= 0.3 is 18.4 Å². The first-order chi connectivity index (χ1) is 17.5. The Hall–Kier alpha value is -3.41. The normalized spacial score (nSPS) is 15.2. The largest absolute Gasteiger partial charge is 0.454 e. The molecule has 0 unspecified atom stereocenters. The van der Waals surface area contributed by atoms with Crippen LogP contribution >= 0.6 is 0 Å². The molecular weight excluding hydrogens is 500 g/mol. The summed E-state index contributed by atoms with van der Waals surface area (Å²) in [5.41, 5.74) is 0.839. The van der Waals surface area contributed by atoms with E-state index in [1.807, 2.05) is 24.3 Å². The Morgan fingerprint density at radius 3 is 2.27 bits per heavy atom. The van der Waals surface area contributed by atoms with Crippen LogP contribution in [0.3, 0.4) is 0 Å². The third-order valence-corrected chi connectivity index (χ3v) is 5.93. The van der Waals surface area contributed by atoms with Crippen molar-refractivity contribution >= 4 is 5.69 Å². The third kappa shape index (κ3) is 7.31. The number of ether oxygens (including phenoxy) is 1. The number of anilines is 1. The van der Waals surface area contributed by atoms with Gasteiger partial charge in [0.25, 0.3) is 0 Å². The van der Waals surface area contributed by atoms with E-state index in [2.05, 4.69) is 31.7 Å². The van der Waals surface area contributed by atoms with Crippen LogP contribution in [0, 0.1) is 0 Å². The Morgan fingerprint density at radius 2 is 1.59 bits per heavy atom. The van der Waals surface area contributed by atoms with Crippen molar-refractivity contribution in [3.8, 4) is 17.4 Å². The number of aromatic nitrogens is 3. The molecule has 1 aromatic heterocycles. The summed E-state index contributed by atoms with van der Waals surface area (Å²) in [5, 5.41) is 0. The van der Waals surface area contributed by atoms with Gasteiger partial charge in [-0.3, -0.25) is 0 Å². The first-order valence-corrected chi connectivity index (χ1v) is 11.7. The summed E-state index contributed by atoms with van der Waals surface area (Å²) in [5.74, 6) is -0.132. The summed E-state index contributed by atoms with van der Waals surface area (Å²) in [6.07, 6.45) is -9.12. The molecule has 12 heteroatoms. The van der Waals surface area contributed by atoms with Gasteiger partial charge in [0.05, 0.1) is 5.56 Å². The van der Waals surface area contributed by atoms with Crippen molar-refractivity contribution in [3.63, 3.8) is 0 Å². The molecule has 0 radical (unpaired) electrons. The molecule has 2 aromatic carbocycles. The second kappa shape index (κ2) is 10.9. The van der Waals surface area contributed by atoms with Gasteiger partial charge in [-0.2, -0.15) is 36.3 Å². The van der Waals surface area contributed by atoms with Crippen molar-refractivity contribution in [2.24, 2.45) is 0 Å². The number of hydrogen-bond acceptors (Lipinski definition) is 6. The zero-order valence-corrected chi connectivity index (χ0v) is 20.0. The summed E-state index contributed by atoms with van der Waals surface area (Å²) >= 11 is 0. The van der Waals surface area contributed by atoms with Gasteiger partial charge in [0.15, 0.2) is 12.4 Å². The first-order valence-electron chi connectivity index (χ1n) is 11.7. The molecule has 6 nitrogen and oxygen atoms in total. The lowest BCUT2D eigenvalue weighted by atomic mass is 10.1. The molecule has 0 amide bonds. The van der Waals surface area contributed by atoms with Gasteiger partial charge in [-0.25, -0.2) is 4.98 Å². The average molecular weight is 525 g/mol. The minimum absolute atomic E-state index is 0.0159. The number of piperazine rings is 1. The fourth-order valence-electron chi connectivity index (χ4n) is 4.02. The highest BCUT2D eigenvalue weighted by molar-refractivity contribution is 5.57. The Labute approximate surface area is 209 Å². The summed E-state index contributed by atoms with van der Waals surface area (Å²) < 4.78 is 82.5. The predicted octanol–water partition coefficient (Wildman–Crippen LogP) is 5.23. The smallest absolute Gasteiger partial charge is 0.422 e. The molecule has 4 rings (SSSR count). The van der Waals surface area contributed by atoms with Gasteiger partial charge in [-0.05, 0) is 36.4 Å². The number of rotatable bonds is 7. The van der Waals surface area contributed by atoms with Crippen molar-refractivity contribution in [2.75, 3.05) is 44.2 Å². The predicted molar refractivity (Wildman–Crippen MR) is 125 cm³/mol. The monoisotopic (exact) mass is 525 g/mol. The zero-order valence-electron chi connectivity index (χ0n) is 20.0. The standard InChI is InChI=1S/C25H25F6N5O/c1-2-35-9-11-36(12-10-35)20-8-3-5-17(13-20)14-21-32-22(34-23(33-21)37-16-24(26,27)28)18-6-4-7-19(15-18)25(29,30)31/h3-8,13,15H,2,9-12,14,16H2,1H3. The van der Waals surface area contributed by atoms with Gasteiger partial charge in [0.1, 0.15) is 5.82 Å². The fraction of sp³-hybridized carbons (Fsp3) is 0.400. The summed E-state index contributed by atoms with van der Waals surface area (Å²) in [7, 11) is 0. The van der Waals surface area contributed by atoms with Gasteiger partial charge < -0.3 is 14.5 Å². The van der Waals surface area contributed by atoms with E-state index in [1.165, 1.54) is 12.1 Å². The van der Waals surface area contributed by atoms with Crippen LogP contribution in [-0.4, -0.2) is 65.4 Å². The first kappa shape index (κ1) is 26.6. The van der Waals surface area contributed by atoms with Gasteiger partial charge in [0.2, 0.25) is 0 Å². The Kier molecular flexibility index (Phi) is 7.86. The number of benzene rings is 2. The summed E-state index contributed by atoms with van der Waals surface area (Å²) in [4.78, 5) is 16.7. The number of halogens is 6. The molecule has 2 heterocycles. The van der Waals surface area contributed by atoms with Gasteiger partial charge in [0, 0.05) is 43.9 Å². The Balaban J connectivity index is 1.62. The minimum atomic E-state index is -4.64. The molecule has 37 heavy (non-hydrogen) atoms. The molecule has 1 saturated heterocycles. The molecule has 1 aliphatic rings. The second-order valence-electron chi connectivity index (χ2n) is 8.61. The molecule has 0 bridgehead atoms. The molecule has 0 N–H and O–H groups in total. The quantitative estimate of drug-likeness (QED) is 0.394. The lowest BCUT2D eigenvalue weighted by Crippen LogP contribution is -2.46. The molecule has 0 atom stereocenters. The molecule has 0 aliphatic carbocycles. The molecule has 1 fully saturated rings. The number of hydrogen-bond donors (Lipinski definition) is 0. The van der Waals surface area contributed by atoms with E-state index in [1.54, 1.807) is 0 Å². The number of nitrogens with zero attached hydrogens (tertiary/aromatic N) is 5. The van der Waals surface area contributed by atoms with E-state index in [-0.39, 0.29) is 23.6 Å². The van der Waals surface area contributed by atoms with Gasteiger partial charge in [-0.1, -0.05) is 31.2 Å². The van der Waals surface area contributed by atoms with Crippen molar-refractivity contribution < 1.29 is 31.1 Å². The van der Waals surface area contributed by atoms with E-state index < -0.39 is 30.5 Å². The number of alkyl halides is 6.